The van der Waals surface area contributed by atoms with E-state index in [1.54, 1.807) is 0 Å². The highest BCUT2D eigenvalue weighted by atomic mass is 16.6. The van der Waals surface area contributed by atoms with Gasteiger partial charge in [-0.1, -0.05) is 19.8 Å². The van der Waals surface area contributed by atoms with Gasteiger partial charge in [0.25, 0.3) is 0 Å². The van der Waals surface area contributed by atoms with Gasteiger partial charge in [-0.25, -0.2) is 4.79 Å². The van der Waals surface area contributed by atoms with Crippen molar-refractivity contribution in [2.24, 2.45) is 5.92 Å². The second-order valence-electron chi connectivity index (χ2n) is 7.64. The molecule has 136 valence electrons. The number of carbonyl (C=O) groups excluding carboxylic acids is 1. The van der Waals surface area contributed by atoms with E-state index in [2.05, 4.69) is 17.6 Å². The molecule has 0 aromatic carbocycles. The number of nitrogens with one attached hydrogen (secondary N) is 2. The molecule has 0 radical (unpaired) electrons. The highest BCUT2D eigenvalue weighted by molar-refractivity contribution is 5.67. The molecule has 2 rings (SSSR count). The first kappa shape index (κ1) is 18.8. The molecule has 5 nitrogen and oxygen atoms in total. The first-order chi connectivity index (χ1) is 11.4. The van der Waals surface area contributed by atoms with Crippen LogP contribution < -0.4 is 10.6 Å². The average molecular weight is 336 g/mol. The van der Waals surface area contributed by atoms with Crippen LogP contribution in [0.3, 0.4) is 0 Å². The van der Waals surface area contributed by atoms with Crippen molar-refractivity contribution in [3.63, 3.8) is 0 Å². The van der Waals surface area contributed by atoms with Gasteiger partial charge in [-0.3, -0.25) is 0 Å². The molecule has 1 heterocycles. The summed E-state index contributed by atoms with van der Waals surface area (Å²) in [6, 6.07) is 4.49. The number of ether oxygens (including phenoxy) is 1. The fourth-order valence-electron chi connectivity index (χ4n) is 3.19. The van der Waals surface area contributed by atoms with Crippen LogP contribution in [-0.4, -0.2) is 24.3 Å². The Hall–Kier alpha value is -1.49. The van der Waals surface area contributed by atoms with Crippen molar-refractivity contribution in [3.05, 3.63) is 23.7 Å². The molecule has 0 bridgehead atoms. The van der Waals surface area contributed by atoms with Crippen molar-refractivity contribution in [2.45, 2.75) is 78.0 Å². The lowest BCUT2D eigenvalue weighted by Gasteiger charge is -2.32. The molecule has 1 aliphatic rings. The number of carbonyl (C=O) groups is 1. The van der Waals surface area contributed by atoms with Gasteiger partial charge >= 0.3 is 6.09 Å². The van der Waals surface area contributed by atoms with Gasteiger partial charge in [-0.05, 0) is 51.7 Å². The van der Waals surface area contributed by atoms with Crippen molar-refractivity contribution in [2.75, 3.05) is 6.54 Å². The molecule has 1 saturated carbocycles. The molecule has 24 heavy (non-hydrogen) atoms. The predicted octanol–water partition coefficient (Wildman–Crippen LogP) is 4.02. The minimum absolute atomic E-state index is 0.328. The number of hydrogen-bond acceptors (Lipinski definition) is 4. The monoisotopic (exact) mass is 336 g/mol. The van der Waals surface area contributed by atoms with E-state index in [1.807, 2.05) is 32.9 Å². The second kappa shape index (κ2) is 8.56. The first-order valence-electron chi connectivity index (χ1n) is 9.15. The van der Waals surface area contributed by atoms with Crippen LogP contribution in [0.1, 0.15) is 64.9 Å². The van der Waals surface area contributed by atoms with Crippen molar-refractivity contribution < 1.29 is 13.9 Å². The van der Waals surface area contributed by atoms with Gasteiger partial charge in [0.05, 0.1) is 6.54 Å². The molecule has 1 aromatic heterocycles. The maximum Gasteiger partial charge on any atom is 0.407 e. The number of amides is 1. The number of rotatable bonds is 6. The van der Waals surface area contributed by atoms with E-state index in [0.29, 0.717) is 18.5 Å². The molecule has 1 aliphatic carbocycles. The lowest BCUT2D eigenvalue weighted by Crippen LogP contribution is -2.44. The van der Waals surface area contributed by atoms with Crippen molar-refractivity contribution >= 4 is 6.09 Å². The topological polar surface area (TPSA) is 63.5 Å². The molecular formula is C19H32N2O3. The van der Waals surface area contributed by atoms with Crippen molar-refractivity contribution in [1.29, 1.82) is 0 Å². The Morgan fingerprint density at radius 3 is 2.62 bits per heavy atom. The van der Waals surface area contributed by atoms with Crippen LogP contribution in [-0.2, 0) is 17.7 Å². The Bertz CT molecular complexity index is 519. The van der Waals surface area contributed by atoms with E-state index in [0.717, 1.165) is 37.3 Å². The van der Waals surface area contributed by atoms with Crippen LogP contribution in [0.5, 0.6) is 0 Å². The summed E-state index contributed by atoms with van der Waals surface area (Å²) < 4.78 is 11.1. The number of alkyl carbamates (subject to hydrolysis) is 1. The van der Waals surface area contributed by atoms with Gasteiger partial charge in [0.15, 0.2) is 0 Å². The Balaban J connectivity index is 1.80. The van der Waals surface area contributed by atoms with Crippen LogP contribution in [0.2, 0.25) is 0 Å². The lowest BCUT2D eigenvalue weighted by atomic mass is 9.84. The summed E-state index contributed by atoms with van der Waals surface area (Å²) >= 11 is 0. The third-order valence-electron chi connectivity index (χ3n) is 4.42. The smallest absolute Gasteiger partial charge is 0.407 e. The zero-order valence-electron chi connectivity index (χ0n) is 15.5. The minimum atomic E-state index is -0.454. The number of aryl methyl sites for hydroxylation is 1. The van der Waals surface area contributed by atoms with Crippen LogP contribution in [0.4, 0.5) is 4.79 Å². The summed E-state index contributed by atoms with van der Waals surface area (Å²) in [5.41, 5.74) is -0.454. The molecule has 1 fully saturated rings. The molecule has 5 heteroatoms. The summed E-state index contributed by atoms with van der Waals surface area (Å²) in [5, 5.41) is 6.54. The largest absolute Gasteiger partial charge is 0.465 e. The van der Waals surface area contributed by atoms with E-state index in [1.165, 1.54) is 12.8 Å². The third-order valence-corrected chi connectivity index (χ3v) is 4.42. The van der Waals surface area contributed by atoms with Gasteiger partial charge in [0.2, 0.25) is 0 Å². The molecule has 1 amide bonds. The normalized spacial score (nSPS) is 21.5. The van der Waals surface area contributed by atoms with Crippen molar-refractivity contribution in [3.8, 4) is 0 Å². The zero-order chi connectivity index (χ0) is 17.6. The SMILES string of the molecule is CCc1ccc(CNC2CCCCC2CNC(=O)OC(C)(C)C)o1. The molecule has 1 aromatic rings. The average Bonchev–Trinajstić information content (AvgIpc) is 2.98. The molecule has 2 atom stereocenters. The summed E-state index contributed by atoms with van der Waals surface area (Å²) in [7, 11) is 0. The van der Waals surface area contributed by atoms with Gasteiger partial charge in [-0.2, -0.15) is 0 Å². The fraction of sp³-hybridized carbons (Fsp3) is 0.737. The summed E-state index contributed by atoms with van der Waals surface area (Å²) in [6.45, 7) is 9.14. The van der Waals surface area contributed by atoms with E-state index < -0.39 is 5.60 Å². The van der Waals surface area contributed by atoms with Gasteiger partial charge in [0.1, 0.15) is 17.1 Å². The standard InChI is InChI=1S/C19H32N2O3/c1-5-15-10-11-16(23-15)13-20-17-9-7-6-8-14(17)12-21-18(22)24-19(2,3)4/h10-11,14,17,20H,5-9,12-13H2,1-4H3,(H,21,22). The number of hydrogen-bond donors (Lipinski definition) is 2. The molecular weight excluding hydrogens is 304 g/mol. The predicted molar refractivity (Wildman–Crippen MR) is 94.9 cm³/mol. The van der Waals surface area contributed by atoms with Crippen LogP contribution >= 0.6 is 0 Å². The molecule has 0 saturated heterocycles. The van der Waals surface area contributed by atoms with Crippen LogP contribution in [0.25, 0.3) is 0 Å². The maximum absolute atomic E-state index is 11.9. The van der Waals surface area contributed by atoms with Crippen LogP contribution in [0.15, 0.2) is 16.5 Å². The Kier molecular flexibility index (Phi) is 6.72. The van der Waals surface area contributed by atoms with E-state index >= 15 is 0 Å². The van der Waals surface area contributed by atoms with Gasteiger partial charge in [0, 0.05) is 19.0 Å². The quantitative estimate of drug-likeness (QED) is 0.824. The van der Waals surface area contributed by atoms with E-state index in [-0.39, 0.29) is 6.09 Å². The summed E-state index contributed by atoms with van der Waals surface area (Å²) in [5.74, 6) is 2.45. The Morgan fingerprint density at radius 2 is 1.96 bits per heavy atom. The van der Waals surface area contributed by atoms with Gasteiger partial charge < -0.3 is 19.8 Å². The highest BCUT2D eigenvalue weighted by Crippen LogP contribution is 2.24. The lowest BCUT2D eigenvalue weighted by molar-refractivity contribution is 0.0510. The fourth-order valence-corrected chi connectivity index (χ4v) is 3.19. The van der Waals surface area contributed by atoms with Gasteiger partial charge in [-0.15, -0.1) is 0 Å². The summed E-state index contributed by atoms with van der Waals surface area (Å²) in [4.78, 5) is 11.9. The Labute approximate surface area is 145 Å². The first-order valence-corrected chi connectivity index (χ1v) is 9.15. The van der Waals surface area contributed by atoms with Crippen LogP contribution in [0, 0.1) is 5.92 Å². The zero-order valence-corrected chi connectivity index (χ0v) is 15.5. The Morgan fingerprint density at radius 1 is 1.25 bits per heavy atom. The number of furan rings is 1. The minimum Gasteiger partial charge on any atom is -0.465 e. The molecule has 0 spiro atoms. The highest BCUT2D eigenvalue weighted by Gasteiger charge is 2.26. The second-order valence-corrected chi connectivity index (χ2v) is 7.64. The van der Waals surface area contributed by atoms with Crippen molar-refractivity contribution in [1.82, 2.24) is 10.6 Å². The maximum atomic E-state index is 11.9. The summed E-state index contributed by atoms with van der Waals surface area (Å²) in [6.07, 6.45) is 5.32. The van der Waals surface area contributed by atoms with E-state index in [4.69, 9.17) is 9.15 Å². The van der Waals surface area contributed by atoms with E-state index in [9.17, 15) is 4.79 Å². The molecule has 0 aliphatic heterocycles. The third kappa shape index (κ3) is 6.19. The molecule has 2 N–H and O–H groups in total. The molecule has 2 unspecified atom stereocenters.